The van der Waals surface area contributed by atoms with E-state index in [4.69, 9.17) is 14.2 Å². The number of hydrogen-bond donors (Lipinski definition) is 0. The van der Waals surface area contributed by atoms with E-state index < -0.39 is 11.5 Å². The molecule has 1 aromatic carbocycles. The first-order chi connectivity index (χ1) is 16.1. The number of ether oxygens (including phenoxy) is 3. The lowest BCUT2D eigenvalue weighted by Gasteiger charge is -2.33. The molecular weight excluding hydrogens is 444 g/mol. The highest BCUT2D eigenvalue weighted by Gasteiger charge is 2.54. The van der Waals surface area contributed by atoms with E-state index in [2.05, 4.69) is 15.0 Å². The third kappa shape index (κ3) is 4.52. The number of carbonyl (C=O) groups is 2. The third-order valence-electron chi connectivity index (χ3n) is 5.61. The number of imidazole rings is 1. The monoisotopic (exact) mass is 470 g/mol. The van der Waals surface area contributed by atoms with Gasteiger partial charge in [0.2, 0.25) is 5.88 Å². The van der Waals surface area contributed by atoms with Crippen molar-refractivity contribution in [3.05, 3.63) is 48.5 Å². The average molecular weight is 471 g/mol. The number of fused-ring (bicyclic) bond motifs is 1. The van der Waals surface area contributed by atoms with E-state index >= 15 is 0 Å². The summed E-state index contributed by atoms with van der Waals surface area (Å²) in [7, 11) is 0. The molecule has 2 atom stereocenters. The highest BCUT2D eigenvalue weighted by Crippen LogP contribution is 2.44. The molecule has 0 spiro atoms. The van der Waals surface area contributed by atoms with Crippen LogP contribution in [0.5, 0.6) is 5.88 Å². The van der Waals surface area contributed by atoms with Crippen LogP contribution < -0.4 is 4.74 Å². The summed E-state index contributed by atoms with van der Waals surface area (Å²) in [6.07, 6.45) is 3.06. The van der Waals surface area contributed by atoms with Gasteiger partial charge in [-0.15, -0.1) is 0 Å². The van der Waals surface area contributed by atoms with Crippen LogP contribution in [-0.2, 0) is 31.2 Å². The van der Waals surface area contributed by atoms with Crippen molar-refractivity contribution in [1.29, 1.82) is 0 Å². The van der Waals surface area contributed by atoms with E-state index in [9.17, 15) is 9.59 Å². The summed E-state index contributed by atoms with van der Waals surface area (Å²) in [5.41, 5.74) is 0.766. The molecule has 1 fully saturated rings. The number of benzene rings is 1. The Morgan fingerprint density at radius 3 is 2.67 bits per heavy atom. The van der Waals surface area contributed by atoms with Gasteiger partial charge in [-0.05, 0) is 25.2 Å². The average Bonchev–Trinajstić information content (AvgIpc) is 3.44. The normalized spacial score (nSPS) is 20.0. The SMILES string of the molecule is CCOC(=O)C[C@H]1CSC[C@]1(C(=O)OCC)n1cnc2c(OCc3ccccc3)ncnc21. The second-order valence-electron chi connectivity index (χ2n) is 7.61. The lowest BCUT2D eigenvalue weighted by Crippen LogP contribution is -2.49. The minimum atomic E-state index is -1.13. The topological polar surface area (TPSA) is 105 Å². The van der Waals surface area contributed by atoms with Gasteiger partial charge >= 0.3 is 11.9 Å². The van der Waals surface area contributed by atoms with Gasteiger partial charge in [-0.25, -0.2) is 14.8 Å². The van der Waals surface area contributed by atoms with Crippen LogP contribution in [-0.4, -0.2) is 56.2 Å². The van der Waals surface area contributed by atoms with Crippen molar-refractivity contribution in [3.63, 3.8) is 0 Å². The molecule has 10 heteroatoms. The van der Waals surface area contributed by atoms with Crippen molar-refractivity contribution in [2.45, 2.75) is 32.4 Å². The lowest BCUT2D eigenvalue weighted by atomic mass is 9.84. The summed E-state index contributed by atoms with van der Waals surface area (Å²) < 4.78 is 18.3. The Morgan fingerprint density at radius 1 is 1.12 bits per heavy atom. The molecule has 9 nitrogen and oxygen atoms in total. The van der Waals surface area contributed by atoms with Crippen LogP contribution in [0.3, 0.4) is 0 Å². The summed E-state index contributed by atoms with van der Waals surface area (Å²) in [5.74, 6) is 0.292. The maximum absolute atomic E-state index is 13.3. The van der Waals surface area contributed by atoms with Crippen LogP contribution in [0.15, 0.2) is 43.0 Å². The molecule has 1 aliphatic rings. The molecule has 2 aromatic heterocycles. The zero-order valence-corrected chi connectivity index (χ0v) is 19.4. The second kappa shape index (κ2) is 10.2. The van der Waals surface area contributed by atoms with Gasteiger partial charge < -0.3 is 14.2 Å². The number of thioether (sulfide) groups is 1. The van der Waals surface area contributed by atoms with Gasteiger partial charge in [0.15, 0.2) is 16.7 Å². The fraction of sp³-hybridized carbons (Fsp3) is 0.435. The van der Waals surface area contributed by atoms with Gasteiger partial charge in [0, 0.05) is 11.7 Å². The summed E-state index contributed by atoms with van der Waals surface area (Å²) >= 11 is 1.59. The van der Waals surface area contributed by atoms with Crippen molar-refractivity contribution in [3.8, 4) is 5.88 Å². The Labute approximate surface area is 195 Å². The van der Waals surface area contributed by atoms with Crippen molar-refractivity contribution >= 4 is 34.9 Å². The first kappa shape index (κ1) is 23.0. The molecule has 1 aliphatic heterocycles. The highest BCUT2D eigenvalue weighted by molar-refractivity contribution is 7.99. The van der Waals surface area contributed by atoms with Gasteiger partial charge in [0.25, 0.3) is 0 Å². The molecule has 33 heavy (non-hydrogen) atoms. The zero-order valence-electron chi connectivity index (χ0n) is 18.6. The Morgan fingerprint density at radius 2 is 1.91 bits per heavy atom. The van der Waals surface area contributed by atoms with Gasteiger partial charge in [-0.1, -0.05) is 30.3 Å². The molecule has 1 saturated heterocycles. The Kier molecular flexibility index (Phi) is 7.12. The molecule has 174 valence electrons. The van der Waals surface area contributed by atoms with Crippen molar-refractivity contribution < 1.29 is 23.8 Å². The number of rotatable bonds is 9. The molecule has 0 amide bonds. The quantitative estimate of drug-likeness (QED) is 0.436. The van der Waals surface area contributed by atoms with Crippen LogP contribution in [0.1, 0.15) is 25.8 Å². The maximum Gasteiger partial charge on any atom is 0.333 e. The van der Waals surface area contributed by atoms with Crippen LogP contribution in [0, 0.1) is 5.92 Å². The largest absolute Gasteiger partial charge is 0.471 e. The number of hydrogen-bond acceptors (Lipinski definition) is 9. The molecule has 4 rings (SSSR count). The fourth-order valence-corrected chi connectivity index (χ4v) is 5.64. The Hall–Kier alpha value is -3.14. The van der Waals surface area contributed by atoms with E-state index in [1.54, 1.807) is 36.5 Å². The summed E-state index contributed by atoms with van der Waals surface area (Å²) in [4.78, 5) is 38.8. The Bertz CT molecular complexity index is 1120. The number of aromatic nitrogens is 4. The second-order valence-corrected chi connectivity index (χ2v) is 8.64. The molecule has 0 aliphatic carbocycles. The molecule has 0 bridgehead atoms. The minimum absolute atomic E-state index is 0.0990. The molecular formula is C23H26N4O5S. The predicted molar refractivity (Wildman–Crippen MR) is 123 cm³/mol. The van der Waals surface area contributed by atoms with Crippen molar-refractivity contribution in [1.82, 2.24) is 19.5 Å². The van der Waals surface area contributed by atoms with Crippen molar-refractivity contribution in [2.75, 3.05) is 24.7 Å². The summed E-state index contributed by atoms with van der Waals surface area (Å²) in [5, 5.41) is 0. The highest BCUT2D eigenvalue weighted by atomic mass is 32.2. The fourth-order valence-electron chi connectivity index (χ4n) is 4.04. The molecule has 0 unspecified atom stereocenters. The number of esters is 2. The standard InChI is InChI=1S/C23H26N4O5S/c1-3-30-18(28)10-17-12-33-13-23(17,22(29)31-4-2)27-15-26-19-20(27)24-14-25-21(19)32-11-16-8-6-5-7-9-16/h5-9,14-15,17H,3-4,10-13H2,1-2H3/t17-,23-/m0/s1. The summed E-state index contributed by atoms with van der Waals surface area (Å²) in [6, 6.07) is 9.74. The van der Waals surface area contributed by atoms with Crippen LogP contribution in [0.2, 0.25) is 0 Å². The first-order valence-corrected chi connectivity index (χ1v) is 12.0. The van der Waals surface area contributed by atoms with Crippen molar-refractivity contribution in [2.24, 2.45) is 5.92 Å². The van der Waals surface area contributed by atoms with Crippen LogP contribution in [0.25, 0.3) is 11.2 Å². The lowest BCUT2D eigenvalue weighted by molar-refractivity contribution is -0.156. The molecule has 0 saturated carbocycles. The molecule has 0 radical (unpaired) electrons. The van der Waals surface area contributed by atoms with E-state index in [0.717, 1.165) is 5.56 Å². The van der Waals surface area contributed by atoms with E-state index in [0.29, 0.717) is 35.2 Å². The van der Waals surface area contributed by atoms with E-state index in [1.807, 2.05) is 30.3 Å². The molecule has 0 N–H and O–H groups in total. The molecule has 3 aromatic rings. The van der Waals surface area contributed by atoms with E-state index in [-0.39, 0.29) is 31.5 Å². The Balaban J connectivity index is 1.72. The van der Waals surface area contributed by atoms with Crippen LogP contribution in [0.4, 0.5) is 0 Å². The maximum atomic E-state index is 13.3. The summed E-state index contributed by atoms with van der Waals surface area (Å²) in [6.45, 7) is 4.36. The first-order valence-electron chi connectivity index (χ1n) is 10.9. The molecule has 3 heterocycles. The van der Waals surface area contributed by atoms with Gasteiger partial charge in [-0.2, -0.15) is 16.7 Å². The minimum Gasteiger partial charge on any atom is -0.471 e. The van der Waals surface area contributed by atoms with Crippen LogP contribution >= 0.6 is 11.8 Å². The zero-order chi connectivity index (χ0) is 23.3. The smallest absolute Gasteiger partial charge is 0.333 e. The third-order valence-corrected chi connectivity index (χ3v) is 6.89. The van der Waals surface area contributed by atoms with Gasteiger partial charge in [0.05, 0.1) is 26.0 Å². The predicted octanol–water partition coefficient (Wildman–Crippen LogP) is 2.98. The number of nitrogens with zero attached hydrogens (tertiary/aromatic N) is 4. The van der Waals surface area contributed by atoms with Gasteiger partial charge in [-0.3, -0.25) is 9.36 Å². The van der Waals surface area contributed by atoms with E-state index in [1.165, 1.54) is 6.33 Å². The van der Waals surface area contributed by atoms with Gasteiger partial charge in [0.1, 0.15) is 12.9 Å². The number of carbonyl (C=O) groups excluding carboxylic acids is 2.